The number of carbonyl (C=O) groups is 2. The van der Waals surface area contributed by atoms with E-state index in [-0.39, 0.29) is 18.4 Å². The van der Waals surface area contributed by atoms with Crippen LogP contribution in [0.5, 0.6) is 0 Å². The molecular weight excluding hydrogens is 234 g/mol. The number of furan rings is 1. The van der Waals surface area contributed by atoms with Crippen LogP contribution in [0, 0.1) is 0 Å². The number of amides is 2. The summed E-state index contributed by atoms with van der Waals surface area (Å²) in [6.07, 6.45) is 3.37. The van der Waals surface area contributed by atoms with Crippen molar-refractivity contribution in [2.24, 2.45) is 11.5 Å². The Morgan fingerprint density at radius 1 is 1.50 bits per heavy atom. The van der Waals surface area contributed by atoms with Crippen LogP contribution < -0.4 is 11.5 Å². The molecule has 1 aromatic rings. The van der Waals surface area contributed by atoms with E-state index >= 15 is 0 Å². The third kappa shape index (κ3) is 3.10. The maximum absolute atomic E-state index is 12.1. The Bertz CT molecular complexity index is 426. The smallest absolute Gasteiger partial charge is 0.240 e. The minimum atomic E-state index is -0.863. The number of hydrogen-bond acceptors (Lipinski definition) is 4. The zero-order valence-corrected chi connectivity index (χ0v) is 10.0. The van der Waals surface area contributed by atoms with E-state index in [1.54, 1.807) is 17.2 Å². The molecule has 1 atom stereocenters. The summed E-state index contributed by atoms with van der Waals surface area (Å²) in [6, 6.07) is 2.93. The van der Waals surface area contributed by atoms with Crippen molar-refractivity contribution in [2.75, 3.05) is 0 Å². The first-order valence-electron chi connectivity index (χ1n) is 5.94. The van der Waals surface area contributed by atoms with Gasteiger partial charge >= 0.3 is 0 Å². The van der Waals surface area contributed by atoms with E-state index in [4.69, 9.17) is 15.9 Å². The molecule has 98 valence electrons. The lowest BCUT2D eigenvalue weighted by molar-refractivity contribution is -0.136. The molecule has 0 spiro atoms. The summed E-state index contributed by atoms with van der Waals surface area (Å²) in [6.45, 7) is 0.392. The average Bonchev–Trinajstić information content (AvgIpc) is 3.02. The van der Waals surface area contributed by atoms with E-state index in [1.807, 2.05) is 6.07 Å². The number of primary amides is 1. The zero-order valence-electron chi connectivity index (χ0n) is 10.0. The van der Waals surface area contributed by atoms with Gasteiger partial charge in [0.05, 0.1) is 25.3 Å². The Balaban J connectivity index is 2.00. The van der Waals surface area contributed by atoms with E-state index in [0.29, 0.717) is 12.3 Å². The fraction of sp³-hybridized carbons (Fsp3) is 0.500. The van der Waals surface area contributed by atoms with Gasteiger partial charge in [0.25, 0.3) is 0 Å². The van der Waals surface area contributed by atoms with Crippen LogP contribution in [0.15, 0.2) is 22.8 Å². The van der Waals surface area contributed by atoms with Crippen LogP contribution in [0.3, 0.4) is 0 Å². The lowest BCUT2D eigenvalue weighted by Crippen LogP contribution is -2.46. The van der Waals surface area contributed by atoms with Crippen LogP contribution in [0.2, 0.25) is 0 Å². The van der Waals surface area contributed by atoms with Gasteiger partial charge in [-0.15, -0.1) is 0 Å². The average molecular weight is 251 g/mol. The van der Waals surface area contributed by atoms with Crippen molar-refractivity contribution in [3.05, 3.63) is 24.2 Å². The fourth-order valence-electron chi connectivity index (χ4n) is 1.86. The van der Waals surface area contributed by atoms with Crippen molar-refractivity contribution in [3.63, 3.8) is 0 Å². The maximum Gasteiger partial charge on any atom is 0.240 e. The van der Waals surface area contributed by atoms with Gasteiger partial charge in [-0.25, -0.2) is 0 Å². The largest absolute Gasteiger partial charge is 0.467 e. The highest BCUT2D eigenvalue weighted by molar-refractivity contribution is 5.87. The highest BCUT2D eigenvalue weighted by Gasteiger charge is 2.35. The predicted octanol–water partition coefficient (Wildman–Crippen LogP) is -0.0267. The molecule has 1 saturated carbocycles. The molecule has 0 bridgehead atoms. The molecular formula is C12H17N3O3. The molecule has 0 radical (unpaired) electrons. The third-order valence-corrected chi connectivity index (χ3v) is 2.92. The number of nitrogens with two attached hydrogens (primary N) is 2. The minimum absolute atomic E-state index is 0.125. The molecule has 0 saturated heterocycles. The summed E-state index contributed by atoms with van der Waals surface area (Å²) in [4.78, 5) is 24.6. The van der Waals surface area contributed by atoms with E-state index < -0.39 is 11.9 Å². The number of nitrogens with zero attached hydrogens (tertiary/aromatic N) is 1. The van der Waals surface area contributed by atoms with Crippen LogP contribution in [0.4, 0.5) is 0 Å². The van der Waals surface area contributed by atoms with Gasteiger partial charge in [-0.05, 0) is 25.0 Å². The first-order chi connectivity index (χ1) is 8.58. The predicted molar refractivity (Wildman–Crippen MR) is 64.1 cm³/mol. The molecule has 1 aliphatic rings. The molecule has 4 N–H and O–H groups in total. The summed E-state index contributed by atoms with van der Waals surface area (Å²) in [5, 5.41) is 0. The molecule has 1 aromatic heterocycles. The highest BCUT2D eigenvalue weighted by atomic mass is 16.3. The van der Waals surface area contributed by atoms with E-state index in [9.17, 15) is 9.59 Å². The van der Waals surface area contributed by atoms with Gasteiger partial charge in [-0.1, -0.05) is 0 Å². The van der Waals surface area contributed by atoms with Crippen molar-refractivity contribution >= 4 is 11.8 Å². The molecule has 0 aromatic carbocycles. The lowest BCUT2D eigenvalue weighted by Gasteiger charge is -2.24. The summed E-state index contributed by atoms with van der Waals surface area (Å²) in [7, 11) is 0. The van der Waals surface area contributed by atoms with Crippen molar-refractivity contribution in [3.8, 4) is 0 Å². The lowest BCUT2D eigenvalue weighted by atomic mass is 10.2. The van der Waals surface area contributed by atoms with E-state index in [0.717, 1.165) is 12.8 Å². The summed E-state index contributed by atoms with van der Waals surface area (Å²) in [5.41, 5.74) is 10.7. The molecule has 1 heterocycles. The Hall–Kier alpha value is -1.82. The van der Waals surface area contributed by atoms with Gasteiger partial charge < -0.3 is 20.8 Å². The van der Waals surface area contributed by atoms with Gasteiger partial charge in [-0.2, -0.15) is 0 Å². The van der Waals surface area contributed by atoms with Crippen molar-refractivity contribution in [2.45, 2.75) is 37.9 Å². The molecule has 2 amide bonds. The van der Waals surface area contributed by atoms with Crippen molar-refractivity contribution < 1.29 is 14.0 Å². The Kier molecular flexibility index (Phi) is 3.66. The number of hydrogen-bond donors (Lipinski definition) is 2. The van der Waals surface area contributed by atoms with Gasteiger partial charge in [0.2, 0.25) is 11.8 Å². The molecule has 2 rings (SSSR count). The van der Waals surface area contributed by atoms with Gasteiger partial charge in [0, 0.05) is 6.04 Å². The minimum Gasteiger partial charge on any atom is -0.467 e. The molecule has 18 heavy (non-hydrogen) atoms. The van der Waals surface area contributed by atoms with Crippen LogP contribution in [0.1, 0.15) is 25.0 Å². The molecule has 0 aliphatic heterocycles. The van der Waals surface area contributed by atoms with Crippen LogP contribution in [-0.2, 0) is 16.1 Å². The second kappa shape index (κ2) is 5.22. The molecule has 6 nitrogen and oxygen atoms in total. The second-order valence-corrected chi connectivity index (χ2v) is 4.55. The zero-order chi connectivity index (χ0) is 13.1. The summed E-state index contributed by atoms with van der Waals surface area (Å²) >= 11 is 0. The third-order valence-electron chi connectivity index (χ3n) is 2.92. The van der Waals surface area contributed by atoms with Gasteiger partial charge in [0.1, 0.15) is 5.76 Å². The Labute approximate surface area is 105 Å². The van der Waals surface area contributed by atoms with Gasteiger partial charge in [0.15, 0.2) is 0 Å². The summed E-state index contributed by atoms with van der Waals surface area (Å²) in [5.74, 6) is -0.0983. The molecule has 1 aliphatic carbocycles. The molecule has 1 unspecified atom stereocenters. The molecule has 1 fully saturated rings. The van der Waals surface area contributed by atoms with Crippen LogP contribution in [0.25, 0.3) is 0 Å². The van der Waals surface area contributed by atoms with Crippen molar-refractivity contribution in [1.29, 1.82) is 0 Å². The van der Waals surface area contributed by atoms with Crippen molar-refractivity contribution in [1.82, 2.24) is 4.90 Å². The highest BCUT2D eigenvalue weighted by Crippen LogP contribution is 2.29. The fourth-order valence-corrected chi connectivity index (χ4v) is 1.86. The first-order valence-corrected chi connectivity index (χ1v) is 5.94. The van der Waals surface area contributed by atoms with Gasteiger partial charge in [-0.3, -0.25) is 9.59 Å². The monoisotopic (exact) mass is 251 g/mol. The van der Waals surface area contributed by atoms with Crippen LogP contribution >= 0.6 is 0 Å². The Morgan fingerprint density at radius 2 is 2.22 bits per heavy atom. The molecule has 6 heteroatoms. The standard InChI is InChI=1S/C12H17N3O3/c13-10(6-11(14)16)12(17)15(8-3-4-8)7-9-2-1-5-18-9/h1-2,5,8,10H,3-4,6-7,13H2,(H2,14,16). The van der Waals surface area contributed by atoms with Crippen LogP contribution in [-0.4, -0.2) is 28.8 Å². The normalized spacial score (nSPS) is 16.3. The number of carbonyl (C=O) groups excluding carboxylic acids is 2. The number of rotatable bonds is 6. The maximum atomic E-state index is 12.1. The second-order valence-electron chi connectivity index (χ2n) is 4.55. The summed E-state index contributed by atoms with van der Waals surface area (Å²) < 4.78 is 5.23. The van der Waals surface area contributed by atoms with E-state index in [1.165, 1.54) is 0 Å². The quantitative estimate of drug-likeness (QED) is 0.741. The van der Waals surface area contributed by atoms with E-state index in [2.05, 4.69) is 0 Å². The first kappa shape index (κ1) is 12.6. The topological polar surface area (TPSA) is 103 Å². The SMILES string of the molecule is NC(=O)CC(N)C(=O)N(Cc1ccco1)C1CC1. The Morgan fingerprint density at radius 3 is 2.72 bits per heavy atom.